The van der Waals surface area contributed by atoms with Crippen molar-refractivity contribution in [1.82, 2.24) is 0 Å². The van der Waals surface area contributed by atoms with E-state index in [-0.39, 0.29) is 41.1 Å². The summed E-state index contributed by atoms with van der Waals surface area (Å²) in [5.41, 5.74) is 5.86. The number of alkyl halides is 2. The lowest BCUT2D eigenvalue weighted by Gasteiger charge is -2.63. The smallest absolute Gasteiger partial charge is 0.251 e. The Hall–Kier alpha value is -0.220. The first-order valence-corrected chi connectivity index (χ1v) is 11.4. The zero-order chi connectivity index (χ0) is 19.6. The fraction of sp³-hybridized carbons (Fsp3) is 1.00. The molecular formula is C23H39F2NO. The van der Waals surface area contributed by atoms with Gasteiger partial charge < -0.3 is 10.8 Å². The molecule has 4 aliphatic rings. The summed E-state index contributed by atoms with van der Waals surface area (Å²) in [7, 11) is 0. The van der Waals surface area contributed by atoms with Crippen LogP contribution in [0.5, 0.6) is 0 Å². The van der Waals surface area contributed by atoms with Gasteiger partial charge in [0.2, 0.25) is 0 Å². The maximum Gasteiger partial charge on any atom is 0.251 e. The lowest BCUT2D eigenvalue weighted by atomic mass is 9.43. The Labute approximate surface area is 163 Å². The first-order valence-electron chi connectivity index (χ1n) is 11.4. The Morgan fingerprint density at radius 3 is 2.41 bits per heavy atom. The Bertz CT molecular complexity index is 569. The molecule has 156 valence electrons. The summed E-state index contributed by atoms with van der Waals surface area (Å²) >= 11 is 0. The molecule has 4 saturated carbocycles. The average molecular weight is 384 g/mol. The summed E-state index contributed by atoms with van der Waals surface area (Å²) in [5, 5.41) is 10.1. The summed E-state index contributed by atoms with van der Waals surface area (Å²) in [6.07, 6.45) is 7.03. The van der Waals surface area contributed by atoms with Crippen LogP contribution in [0.1, 0.15) is 78.6 Å². The molecule has 4 rings (SSSR count). The van der Waals surface area contributed by atoms with Gasteiger partial charge in [-0.1, -0.05) is 20.8 Å². The number of hydrogen-bond acceptors (Lipinski definition) is 2. The van der Waals surface area contributed by atoms with Crippen LogP contribution in [0.2, 0.25) is 0 Å². The van der Waals surface area contributed by atoms with Gasteiger partial charge in [0.05, 0.1) is 6.10 Å². The van der Waals surface area contributed by atoms with Crippen molar-refractivity contribution in [3.63, 3.8) is 0 Å². The van der Waals surface area contributed by atoms with Gasteiger partial charge in [0.1, 0.15) is 0 Å². The minimum absolute atomic E-state index is 0.00265. The first kappa shape index (κ1) is 20.1. The molecule has 4 heteroatoms. The summed E-state index contributed by atoms with van der Waals surface area (Å²) in [4.78, 5) is 0. The first-order chi connectivity index (χ1) is 12.6. The fourth-order valence-electron chi connectivity index (χ4n) is 8.57. The molecule has 2 nitrogen and oxygen atoms in total. The molecule has 0 spiro atoms. The van der Waals surface area contributed by atoms with E-state index < -0.39 is 11.8 Å². The minimum atomic E-state index is -2.58. The maximum atomic E-state index is 15.6. The van der Waals surface area contributed by atoms with Gasteiger partial charge in [0, 0.05) is 12.3 Å². The molecule has 4 fully saturated rings. The van der Waals surface area contributed by atoms with Crippen LogP contribution in [0.4, 0.5) is 8.78 Å². The summed E-state index contributed by atoms with van der Waals surface area (Å²) < 4.78 is 31.2. The average Bonchev–Trinajstić information content (AvgIpc) is 2.93. The van der Waals surface area contributed by atoms with Crippen LogP contribution < -0.4 is 5.73 Å². The van der Waals surface area contributed by atoms with Crippen LogP contribution in [0.25, 0.3) is 0 Å². The fourth-order valence-corrected chi connectivity index (χ4v) is 8.57. The Morgan fingerprint density at radius 1 is 1.04 bits per heavy atom. The van der Waals surface area contributed by atoms with Crippen LogP contribution in [0, 0.1) is 46.3 Å². The van der Waals surface area contributed by atoms with Crippen molar-refractivity contribution in [1.29, 1.82) is 0 Å². The maximum absolute atomic E-state index is 15.6. The van der Waals surface area contributed by atoms with E-state index in [1.165, 1.54) is 0 Å². The normalized spacial score (nSPS) is 52.6. The molecule has 0 aromatic heterocycles. The van der Waals surface area contributed by atoms with Gasteiger partial charge in [-0.25, -0.2) is 8.78 Å². The third-order valence-electron chi connectivity index (χ3n) is 10.0. The molecule has 0 amide bonds. The minimum Gasteiger partial charge on any atom is -0.393 e. The third kappa shape index (κ3) is 2.91. The highest BCUT2D eigenvalue weighted by atomic mass is 19.3. The van der Waals surface area contributed by atoms with E-state index in [2.05, 4.69) is 20.8 Å². The second-order valence-electron chi connectivity index (χ2n) is 11.1. The Morgan fingerprint density at radius 2 is 1.70 bits per heavy atom. The highest BCUT2D eigenvalue weighted by Gasteiger charge is 2.68. The lowest BCUT2D eigenvalue weighted by Crippen LogP contribution is -2.61. The second kappa shape index (κ2) is 6.65. The van der Waals surface area contributed by atoms with E-state index in [0.29, 0.717) is 24.8 Å². The van der Waals surface area contributed by atoms with Crippen molar-refractivity contribution < 1.29 is 13.9 Å². The lowest BCUT2D eigenvalue weighted by molar-refractivity contribution is -0.238. The molecular weight excluding hydrogens is 344 g/mol. The van der Waals surface area contributed by atoms with Crippen LogP contribution >= 0.6 is 0 Å². The van der Waals surface area contributed by atoms with Crippen LogP contribution in [-0.4, -0.2) is 23.7 Å². The quantitative estimate of drug-likeness (QED) is 0.700. The monoisotopic (exact) mass is 383 g/mol. The number of aliphatic hydroxyl groups is 1. The highest BCUT2D eigenvalue weighted by Crippen LogP contribution is 2.71. The molecule has 4 aliphatic carbocycles. The zero-order valence-corrected chi connectivity index (χ0v) is 17.4. The van der Waals surface area contributed by atoms with Crippen molar-refractivity contribution >= 4 is 0 Å². The number of aliphatic hydroxyl groups excluding tert-OH is 1. The van der Waals surface area contributed by atoms with Gasteiger partial charge in [0.25, 0.3) is 5.92 Å². The number of rotatable bonds is 3. The van der Waals surface area contributed by atoms with Gasteiger partial charge in [-0.15, -0.1) is 0 Å². The number of fused-ring (bicyclic) bond motifs is 5. The van der Waals surface area contributed by atoms with Crippen LogP contribution in [-0.2, 0) is 0 Å². The molecule has 0 bridgehead atoms. The van der Waals surface area contributed by atoms with Gasteiger partial charge in [-0.2, -0.15) is 0 Å². The number of hydrogen-bond donors (Lipinski definition) is 2. The van der Waals surface area contributed by atoms with E-state index in [9.17, 15) is 5.11 Å². The molecule has 3 unspecified atom stereocenters. The van der Waals surface area contributed by atoms with Gasteiger partial charge in [0.15, 0.2) is 0 Å². The predicted octanol–water partition coefficient (Wildman–Crippen LogP) is 5.24. The molecule has 0 aromatic rings. The van der Waals surface area contributed by atoms with Gasteiger partial charge in [-0.3, -0.25) is 0 Å². The SMILES string of the molecule is C[C@H](CCN)[C@H]1CCC2C3C(CC[C@@]21C)[C@@]1(C)CC[C@@H](O)C[C@H]1CC3(F)F. The molecule has 0 aromatic carbocycles. The topological polar surface area (TPSA) is 46.2 Å². The predicted molar refractivity (Wildman–Crippen MR) is 104 cm³/mol. The molecule has 27 heavy (non-hydrogen) atoms. The zero-order valence-electron chi connectivity index (χ0n) is 17.4. The highest BCUT2D eigenvalue weighted by molar-refractivity contribution is 5.13. The van der Waals surface area contributed by atoms with Crippen LogP contribution in [0.3, 0.4) is 0 Å². The van der Waals surface area contributed by atoms with E-state index in [4.69, 9.17) is 5.73 Å². The Balaban J connectivity index is 1.66. The van der Waals surface area contributed by atoms with E-state index in [1.807, 2.05) is 0 Å². The Kier molecular flexibility index (Phi) is 4.94. The van der Waals surface area contributed by atoms with E-state index >= 15 is 8.78 Å². The van der Waals surface area contributed by atoms with Crippen molar-refractivity contribution in [2.24, 2.45) is 52.1 Å². The van der Waals surface area contributed by atoms with Crippen molar-refractivity contribution in [3.05, 3.63) is 0 Å². The molecule has 0 radical (unpaired) electrons. The summed E-state index contributed by atoms with van der Waals surface area (Å²) in [6, 6.07) is 0. The second-order valence-corrected chi connectivity index (χ2v) is 11.1. The molecule has 9 atom stereocenters. The van der Waals surface area contributed by atoms with E-state index in [1.54, 1.807) is 0 Å². The molecule has 0 heterocycles. The molecule has 0 saturated heterocycles. The van der Waals surface area contributed by atoms with Crippen molar-refractivity contribution in [2.45, 2.75) is 90.6 Å². The third-order valence-corrected chi connectivity index (χ3v) is 10.0. The standard InChI is InChI=1S/C23H39F2NO/c1-14(8-11-26)17-4-5-18-20-19(7-10-22(17,18)3)21(2)9-6-16(27)12-15(21)13-23(20,24)25/h14-20,27H,4-13,26H2,1-3H3/t14-,15+,16-,17-,18?,19?,20?,21+,22-/m1/s1. The molecule has 0 aliphatic heterocycles. The number of nitrogens with two attached hydrogens (primary N) is 1. The van der Waals surface area contributed by atoms with Crippen molar-refractivity contribution in [2.75, 3.05) is 6.54 Å². The largest absolute Gasteiger partial charge is 0.393 e. The summed E-state index contributed by atoms with van der Waals surface area (Å²) in [6.45, 7) is 7.59. The van der Waals surface area contributed by atoms with Gasteiger partial charge >= 0.3 is 0 Å². The van der Waals surface area contributed by atoms with E-state index in [0.717, 1.165) is 44.9 Å². The van der Waals surface area contributed by atoms with Crippen molar-refractivity contribution in [3.8, 4) is 0 Å². The van der Waals surface area contributed by atoms with Crippen LogP contribution in [0.15, 0.2) is 0 Å². The number of halogens is 2. The van der Waals surface area contributed by atoms with Gasteiger partial charge in [-0.05, 0) is 98.3 Å². The molecule has 3 N–H and O–H groups in total. The summed E-state index contributed by atoms with van der Waals surface area (Å²) in [5.74, 6) is -1.70.